The van der Waals surface area contributed by atoms with Gasteiger partial charge in [-0.2, -0.15) is 5.10 Å². The summed E-state index contributed by atoms with van der Waals surface area (Å²) in [4.78, 5) is 12.5. The summed E-state index contributed by atoms with van der Waals surface area (Å²) >= 11 is 0. The van der Waals surface area contributed by atoms with Gasteiger partial charge < -0.3 is 4.74 Å². The van der Waals surface area contributed by atoms with E-state index in [1.807, 2.05) is 78.9 Å². The number of hydrogen-bond donors (Lipinski definition) is 1. The van der Waals surface area contributed by atoms with Gasteiger partial charge in [-0.25, -0.2) is 10.1 Å². The van der Waals surface area contributed by atoms with Gasteiger partial charge in [0.15, 0.2) is 0 Å². The molecule has 0 fully saturated rings. The molecule has 1 N–H and O–H groups in total. The lowest BCUT2D eigenvalue weighted by Gasteiger charge is -2.27. The van der Waals surface area contributed by atoms with E-state index in [9.17, 15) is 4.79 Å². The van der Waals surface area contributed by atoms with E-state index in [1.54, 1.807) is 4.68 Å². The zero-order valence-corrected chi connectivity index (χ0v) is 16.1. The molecule has 0 spiro atoms. The normalized spacial score (nSPS) is 16.8. The molecular weight excluding hydrogens is 378 g/mol. The van der Waals surface area contributed by atoms with Crippen LogP contribution in [-0.4, -0.2) is 26.6 Å². The Morgan fingerprint density at radius 3 is 2.70 bits per heavy atom. The lowest BCUT2D eigenvalue weighted by Crippen LogP contribution is -2.28. The zero-order chi connectivity index (χ0) is 20.3. The third kappa shape index (κ3) is 3.53. The summed E-state index contributed by atoms with van der Waals surface area (Å²) in [6.07, 6.45) is 0.407. The summed E-state index contributed by atoms with van der Waals surface area (Å²) in [6.45, 7) is 0.0392. The highest BCUT2D eigenvalue weighted by Gasteiger charge is 2.26. The third-order valence-corrected chi connectivity index (χ3v) is 5.05. The Hall–Kier alpha value is -4.00. The van der Waals surface area contributed by atoms with Crippen molar-refractivity contribution in [3.8, 4) is 5.75 Å². The van der Waals surface area contributed by atoms with E-state index in [0.29, 0.717) is 6.42 Å². The fourth-order valence-electron chi connectivity index (χ4n) is 3.58. The molecule has 3 aromatic carbocycles. The maximum absolute atomic E-state index is 12.5. The van der Waals surface area contributed by atoms with Crippen LogP contribution in [0.15, 0.2) is 84.0 Å². The van der Waals surface area contributed by atoms with Crippen LogP contribution >= 0.6 is 0 Å². The standard InChI is InChI=1S/C23H19N5O2/c29-23(15-28-20-12-6-5-11-18(20)25-27-28)26-24-19-14-22(16-8-2-1-3-9-16)30-21-13-7-4-10-17(19)21/h1-13,22H,14-15H2,(H,26,29)/b24-19-/t22-/m0/s1. The summed E-state index contributed by atoms with van der Waals surface area (Å²) in [5.41, 5.74) is 6.97. The van der Waals surface area contributed by atoms with Crippen molar-refractivity contribution in [2.45, 2.75) is 19.1 Å². The molecule has 1 aromatic heterocycles. The minimum atomic E-state index is -0.265. The Labute approximate surface area is 173 Å². The number of benzene rings is 3. The summed E-state index contributed by atoms with van der Waals surface area (Å²) in [6, 6.07) is 25.3. The number of carbonyl (C=O) groups excluding carboxylic acids is 1. The number of carbonyl (C=O) groups is 1. The molecule has 1 aliphatic rings. The minimum absolute atomic E-state index is 0.0392. The van der Waals surface area contributed by atoms with Crippen LogP contribution in [0.25, 0.3) is 11.0 Å². The molecule has 7 heteroatoms. The molecule has 0 saturated carbocycles. The molecule has 5 rings (SSSR count). The van der Waals surface area contributed by atoms with E-state index in [4.69, 9.17) is 4.74 Å². The molecule has 148 valence electrons. The Morgan fingerprint density at radius 1 is 1.03 bits per heavy atom. The van der Waals surface area contributed by atoms with Gasteiger partial charge >= 0.3 is 0 Å². The summed E-state index contributed by atoms with van der Waals surface area (Å²) < 4.78 is 7.74. The van der Waals surface area contributed by atoms with Gasteiger partial charge in [-0.15, -0.1) is 5.10 Å². The maximum Gasteiger partial charge on any atom is 0.261 e. The molecule has 0 saturated heterocycles. The Bertz CT molecular complexity index is 1230. The number of hydrazone groups is 1. The van der Waals surface area contributed by atoms with Crippen LogP contribution in [0.4, 0.5) is 0 Å². The molecule has 1 atom stereocenters. The van der Waals surface area contributed by atoms with Crippen molar-refractivity contribution in [2.24, 2.45) is 5.10 Å². The second kappa shape index (κ2) is 7.79. The first-order valence-electron chi connectivity index (χ1n) is 9.72. The Kier molecular flexibility index (Phi) is 4.69. The van der Waals surface area contributed by atoms with Gasteiger partial charge in [0.25, 0.3) is 5.91 Å². The molecule has 4 aromatic rings. The predicted octanol–water partition coefficient (Wildman–Crippen LogP) is 3.48. The minimum Gasteiger partial charge on any atom is -0.485 e. The first kappa shape index (κ1) is 18.1. The smallest absolute Gasteiger partial charge is 0.261 e. The van der Waals surface area contributed by atoms with Gasteiger partial charge in [0, 0.05) is 12.0 Å². The van der Waals surface area contributed by atoms with Gasteiger partial charge in [0.2, 0.25) is 0 Å². The molecule has 0 radical (unpaired) electrons. The van der Waals surface area contributed by atoms with Crippen molar-refractivity contribution in [1.82, 2.24) is 20.4 Å². The van der Waals surface area contributed by atoms with Crippen LogP contribution in [0.2, 0.25) is 0 Å². The highest BCUT2D eigenvalue weighted by atomic mass is 16.5. The fraction of sp³-hybridized carbons (Fsp3) is 0.130. The van der Waals surface area contributed by atoms with E-state index < -0.39 is 0 Å². The Morgan fingerprint density at radius 2 is 1.80 bits per heavy atom. The average Bonchev–Trinajstić information content (AvgIpc) is 3.20. The van der Waals surface area contributed by atoms with E-state index in [0.717, 1.165) is 33.6 Å². The molecule has 0 aliphatic carbocycles. The molecule has 0 bridgehead atoms. The molecular formula is C23H19N5O2. The van der Waals surface area contributed by atoms with Gasteiger partial charge in [0.1, 0.15) is 23.9 Å². The monoisotopic (exact) mass is 397 g/mol. The lowest BCUT2D eigenvalue weighted by atomic mass is 9.96. The van der Waals surface area contributed by atoms with Crippen LogP contribution in [-0.2, 0) is 11.3 Å². The first-order chi connectivity index (χ1) is 14.8. The number of rotatable bonds is 4. The van der Waals surface area contributed by atoms with Gasteiger partial charge in [0.05, 0.1) is 11.2 Å². The second-order valence-corrected chi connectivity index (χ2v) is 7.05. The van der Waals surface area contributed by atoms with E-state index in [2.05, 4.69) is 20.8 Å². The van der Waals surface area contributed by atoms with Crippen molar-refractivity contribution < 1.29 is 9.53 Å². The number of nitrogens with zero attached hydrogens (tertiary/aromatic N) is 4. The van der Waals surface area contributed by atoms with Crippen molar-refractivity contribution in [3.63, 3.8) is 0 Å². The lowest BCUT2D eigenvalue weighted by molar-refractivity contribution is -0.121. The quantitative estimate of drug-likeness (QED) is 0.535. The number of hydrogen-bond acceptors (Lipinski definition) is 5. The number of nitrogens with one attached hydrogen (secondary N) is 1. The third-order valence-electron chi connectivity index (χ3n) is 5.05. The number of aromatic nitrogens is 3. The second-order valence-electron chi connectivity index (χ2n) is 7.05. The van der Waals surface area contributed by atoms with E-state index in [1.165, 1.54) is 0 Å². The van der Waals surface area contributed by atoms with Crippen molar-refractivity contribution in [1.29, 1.82) is 0 Å². The molecule has 7 nitrogen and oxygen atoms in total. The highest BCUT2D eigenvalue weighted by molar-refractivity contribution is 6.04. The van der Waals surface area contributed by atoms with Crippen molar-refractivity contribution in [2.75, 3.05) is 0 Å². The summed E-state index contributed by atoms with van der Waals surface area (Å²) in [5.74, 6) is 0.492. The molecule has 1 amide bonds. The van der Waals surface area contributed by atoms with Crippen LogP contribution in [0.1, 0.15) is 23.7 Å². The van der Waals surface area contributed by atoms with Crippen LogP contribution in [0.5, 0.6) is 5.75 Å². The maximum atomic E-state index is 12.5. The van der Waals surface area contributed by atoms with Gasteiger partial charge in [-0.3, -0.25) is 4.79 Å². The zero-order valence-electron chi connectivity index (χ0n) is 16.1. The van der Waals surface area contributed by atoms with Crippen LogP contribution in [0.3, 0.4) is 0 Å². The fourth-order valence-corrected chi connectivity index (χ4v) is 3.58. The average molecular weight is 397 g/mol. The van der Waals surface area contributed by atoms with E-state index in [-0.39, 0.29) is 18.6 Å². The number of para-hydroxylation sites is 2. The summed E-state index contributed by atoms with van der Waals surface area (Å²) in [7, 11) is 0. The molecule has 0 unspecified atom stereocenters. The van der Waals surface area contributed by atoms with Gasteiger partial charge in [-0.1, -0.05) is 59.8 Å². The topological polar surface area (TPSA) is 81.4 Å². The molecule has 1 aliphatic heterocycles. The van der Waals surface area contributed by atoms with Crippen LogP contribution in [0, 0.1) is 0 Å². The number of ether oxygens (including phenoxy) is 1. The number of amides is 1. The largest absolute Gasteiger partial charge is 0.485 e. The number of fused-ring (bicyclic) bond motifs is 2. The Balaban J connectivity index is 1.37. The van der Waals surface area contributed by atoms with Crippen LogP contribution < -0.4 is 10.2 Å². The SMILES string of the molecule is O=C(Cn1nnc2ccccc21)N/N=C1/C[C@@H](c2ccccc2)Oc2ccccc21. The predicted molar refractivity (Wildman–Crippen MR) is 113 cm³/mol. The van der Waals surface area contributed by atoms with Crippen molar-refractivity contribution >= 4 is 22.7 Å². The first-order valence-corrected chi connectivity index (χ1v) is 9.72. The molecule has 2 heterocycles. The molecule has 30 heavy (non-hydrogen) atoms. The van der Waals surface area contributed by atoms with Crippen molar-refractivity contribution in [3.05, 3.63) is 90.0 Å². The summed E-state index contributed by atoms with van der Waals surface area (Å²) in [5, 5.41) is 12.6. The van der Waals surface area contributed by atoms with E-state index >= 15 is 0 Å². The highest BCUT2D eigenvalue weighted by Crippen LogP contribution is 2.34. The van der Waals surface area contributed by atoms with Gasteiger partial charge in [-0.05, 0) is 29.8 Å².